The molecule has 0 atom stereocenters. The van der Waals surface area contributed by atoms with E-state index in [1.54, 1.807) is 25.1 Å². The van der Waals surface area contributed by atoms with Crippen molar-refractivity contribution in [2.45, 2.75) is 45.1 Å². The molecule has 1 heterocycles. The molecule has 5 heteroatoms. The number of halogens is 1. The molecule has 1 aliphatic carbocycles. The van der Waals surface area contributed by atoms with Crippen molar-refractivity contribution in [2.24, 2.45) is 4.99 Å². The Labute approximate surface area is 134 Å². The van der Waals surface area contributed by atoms with Gasteiger partial charge in [0.1, 0.15) is 5.82 Å². The van der Waals surface area contributed by atoms with E-state index in [2.05, 4.69) is 10.3 Å². The highest BCUT2D eigenvalue weighted by atomic mass is 32.2. The Kier molecular flexibility index (Phi) is 4.62. The summed E-state index contributed by atoms with van der Waals surface area (Å²) in [6, 6.07) is 5.19. The second kappa shape index (κ2) is 6.65. The minimum absolute atomic E-state index is 0.124. The van der Waals surface area contributed by atoms with Crippen LogP contribution in [0, 0.1) is 12.7 Å². The van der Waals surface area contributed by atoms with Crippen molar-refractivity contribution in [3.63, 3.8) is 0 Å². The van der Waals surface area contributed by atoms with Crippen molar-refractivity contribution in [1.82, 2.24) is 5.32 Å². The number of hydrogen-bond donors (Lipinski definition) is 1. The highest BCUT2D eigenvalue weighted by Gasteiger charge is 2.25. The predicted octanol–water partition coefficient (Wildman–Crippen LogP) is 4.03. The minimum Gasteiger partial charge on any atom is -0.301 e. The Hall–Kier alpha value is -1.62. The van der Waals surface area contributed by atoms with Gasteiger partial charge in [-0.2, -0.15) is 0 Å². The van der Waals surface area contributed by atoms with Gasteiger partial charge < -0.3 is 5.32 Å². The highest BCUT2D eigenvalue weighted by Crippen LogP contribution is 2.28. The van der Waals surface area contributed by atoms with Crippen LogP contribution in [-0.2, 0) is 4.79 Å². The molecule has 1 aliphatic heterocycles. The number of aliphatic imine (C=N–C) groups is 1. The zero-order valence-electron chi connectivity index (χ0n) is 12.6. The number of carbonyl (C=O) groups excluding carboxylic acids is 1. The smallest absolute Gasteiger partial charge is 0.264 e. The van der Waals surface area contributed by atoms with Crippen LogP contribution >= 0.6 is 11.8 Å². The van der Waals surface area contributed by atoms with Crippen molar-refractivity contribution >= 4 is 28.9 Å². The van der Waals surface area contributed by atoms with E-state index < -0.39 is 0 Å². The maximum Gasteiger partial charge on any atom is 0.264 e. The molecule has 0 bridgehead atoms. The molecule has 0 unspecified atom stereocenters. The Morgan fingerprint density at radius 3 is 2.82 bits per heavy atom. The molecule has 1 amide bonds. The standard InChI is InChI=1S/C17H19FN2OS/c1-11-9-12(7-8-14(11)18)10-15-16(21)20-17(22-15)19-13-5-3-2-4-6-13/h7-10,13H,2-6H2,1H3,(H,19,20,21)/b15-10-. The minimum atomic E-state index is -0.231. The highest BCUT2D eigenvalue weighted by molar-refractivity contribution is 8.18. The van der Waals surface area contributed by atoms with Crippen LogP contribution in [0.1, 0.15) is 43.2 Å². The van der Waals surface area contributed by atoms with Crippen molar-refractivity contribution in [3.8, 4) is 0 Å². The van der Waals surface area contributed by atoms with Gasteiger partial charge in [0, 0.05) is 0 Å². The normalized spacial score (nSPS) is 23.3. The number of amides is 1. The largest absolute Gasteiger partial charge is 0.301 e. The van der Waals surface area contributed by atoms with Gasteiger partial charge in [-0.3, -0.25) is 9.79 Å². The number of nitrogens with zero attached hydrogens (tertiary/aromatic N) is 1. The van der Waals surface area contributed by atoms with Crippen LogP contribution in [0.15, 0.2) is 28.1 Å². The zero-order valence-corrected chi connectivity index (χ0v) is 13.4. The molecular weight excluding hydrogens is 299 g/mol. The van der Waals surface area contributed by atoms with Gasteiger partial charge in [-0.15, -0.1) is 0 Å². The predicted molar refractivity (Wildman–Crippen MR) is 89.2 cm³/mol. The van der Waals surface area contributed by atoms with Crippen molar-refractivity contribution in [3.05, 3.63) is 40.0 Å². The number of rotatable bonds is 2. The van der Waals surface area contributed by atoms with E-state index in [1.165, 1.54) is 37.1 Å². The quantitative estimate of drug-likeness (QED) is 0.837. The number of hydrogen-bond acceptors (Lipinski definition) is 3. The molecule has 1 aromatic rings. The molecule has 1 aromatic carbocycles. The molecule has 0 spiro atoms. The van der Waals surface area contributed by atoms with Gasteiger partial charge in [0.2, 0.25) is 0 Å². The molecule has 1 N–H and O–H groups in total. The van der Waals surface area contributed by atoms with Gasteiger partial charge in [0.25, 0.3) is 5.91 Å². The molecule has 1 saturated heterocycles. The number of aryl methyl sites for hydroxylation is 1. The molecule has 2 fully saturated rings. The lowest BCUT2D eigenvalue weighted by atomic mass is 9.96. The number of amidine groups is 1. The Balaban J connectivity index is 1.74. The first kappa shape index (κ1) is 15.3. The molecule has 0 radical (unpaired) electrons. The Morgan fingerprint density at radius 2 is 2.09 bits per heavy atom. The second-order valence-corrected chi connectivity index (χ2v) is 6.83. The number of nitrogens with one attached hydrogen (secondary N) is 1. The van der Waals surface area contributed by atoms with Crippen LogP contribution in [0.3, 0.4) is 0 Å². The van der Waals surface area contributed by atoms with E-state index in [4.69, 9.17) is 0 Å². The topological polar surface area (TPSA) is 41.5 Å². The fourth-order valence-corrected chi connectivity index (χ4v) is 3.67. The van der Waals surface area contributed by atoms with Crippen LogP contribution in [0.4, 0.5) is 4.39 Å². The summed E-state index contributed by atoms with van der Waals surface area (Å²) in [6.45, 7) is 1.72. The zero-order chi connectivity index (χ0) is 15.5. The molecule has 22 heavy (non-hydrogen) atoms. The third-order valence-electron chi connectivity index (χ3n) is 4.01. The summed E-state index contributed by atoms with van der Waals surface area (Å²) in [6.07, 6.45) is 7.73. The summed E-state index contributed by atoms with van der Waals surface area (Å²) in [4.78, 5) is 17.3. The first-order valence-electron chi connectivity index (χ1n) is 7.67. The molecule has 3 rings (SSSR count). The summed E-state index contributed by atoms with van der Waals surface area (Å²) >= 11 is 1.37. The molecule has 0 aromatic heterocycles. The van der Waals surface area contributed by atoms with E-state index >= 15 is 0 Å². The average molecular weight is 318 g/mol. The molecular formula is C17H19FN2OS. The first-order chi connectivity index (χ1) is 10.6. The van der Waals surface area contributed by atoms with Crippen molar-refractivity contribution < 1.29 is 9.18 Å². The van der Waals surface area contributed by atoms with Gasteiger partial charge in [-0.25, -0.2) is 4.39 Å². The summed E-state index contributed by atoms with van der Waals surface area (Å²) in [5, 5.41) is 3.53. The SMILES string of the molecule is Cc1cc(/C=C2\SC(=NC3CCCCC3)NC2=O)ccc1F. The van der Waals surface area contributed by atoms with Crippen LogP contribution in [0.2, 0.25) is 0 Å². The maximum atomic E-state index is 13.3. The number of thioether (sulfide) groups is 1. The van der Waals surface area contributed by atoms with Crippen molar-refractivity contribution in [2.75, 3.05) is 0 Å². The lowest BCUT2D eigenvalue weighted by Crippen LogP contribution is -2.22. The van der Waals surface area contributed by atoms with E-state index in [0.717, 1.165) is 18.4 Å². The third kappa shape index (κ3) is 3.58. The van der Waals surface area contributed by atoms with E-state index in [0.29, 0.717) is 21.7 Å². The number of benzene rings is 1. The average Bonchev–Trinajstić information content (AvgIpc) is 2.84. The molecule has 1 saturated carbocycles. The van der Waals surface area contributed by atoms with Gasteiger partial charge >= 0.3 is 0 Å². The van der Waals surface area contributed by atoms with Crippen LogP contribution in [0.25, 0.3) is 6.08 Å². The van der Waals surface area contributed by atoms with E-state index in [1.807, 2.05) is 0 Å². The third-order valence-corrected chi connectivity index (χ3v) is 4.93. The summed E-state index contributed by atoms with van der Waals surface area (Å²) in [5.74, 6) is -0.355. The van der Waals surface area contributed by atoms with Crippen LogP contribution < -0.4 is 5.32 Å². The monoisotopic (exact) mass is 318 g/mol. The van der Waals surface area contributed by atoms with Gasteiger partial charge in [0.05, 0.1) is 10.9 Å². The second-order valence-electron chi connectivity index (χ2n) is 5.80. The molecule has 116 valence electrons. The summed E-state index contributed by atoms with van der Waals surface area (Å²) in [5.41, 5.74) is 1.41. The fourth-order valence-electron chi connectivity index (χ4n) is 2.77. The van der Waals surface area contributed by atoms with Gasteiger partial charge in [-0.05, 0) is 60.9 Å². The summed E-state index contributed by atoms with van der Waals surface area (Å²) in [7, 11) is 0. The van der Waals surface area contributed by atoms with E-state index in [-0.39, 0.29) is 11.7 Å². The molecule has 2 aliphatic rings. The lowest BCUT2D eigenvalue weighted by molar-refractivity contribution is -0.115. The van der Waals surface area contributed by atoms with Gasteiger partial charge in [0.15, 0.2) is 5.17 Å². The van der Waals surface area contributed by atoms with Crippen molar-refractivity contribution in [1.29, 1.82) is 0 Å². The van der Waals surface area contributed by atoms with Gasteiger partial charge in [-0.1, -0.05) is 25.3 Å². The fraction of sp³-hybridized carbons (Fsp3) is 0.412. The first-order valence-corrected chi connectivity index (χ1v) is 8.48. The van der Waals surface area contributed by atoms with Crippen LogP contribution in [0.5, 0.6) is 0 Å². The van der Waals surface area contributed by atoms with E-state index in [9.17, 15) is 9.18 Å². The summed E-state index contributed by atoms with van der Waals surface area (Å²) < 4.78 is 13.3. The number of carbonyl (C=O) groups is 1. The Bertz CT molecular complexity index is 648. The Morgan fingerprint density at radius 1 is 1.32 bits per heavy atom. The van der Waals surface area contributed by atoms with Crippen LogP contribution in [-0.4, -0.2) is 17.1 Å². The lowest BCUT2D eigenvalue weighted by Gasteiger charge is -2.17. The maximum absolute atomic E-state index is 13.3. The molecule has 3 nitrogen and oxygen atoms in total.